The van der Waals surface area contributed by atoms with Gasteiger partial charge in [-0.05, 0) is 35.7 Å². The van der Waals surface area contributed by atoms with Crippen molar-refractivity contribution >= 4 is 11.6 Å². The quantitative estimate of drug-likeness (QED) is 0.890. The largest absolute Gasteiger partial charge is 0.395 e. The van der Waals surface area contributed by atoms with E-state index in [-0.39, 0.29) is 13.2 Å². The molecule has 2 aromatic carbocycles. The Balaban J connectivity index is 2.42. The number of halogens is 2. The zero-order valence-electron chi connectivity index (χ0n) is 10.9. The standard InChI is InChI=1S/C16H16ClFO2/c17-13-5-3-4-12(8-13)9-16(10-19,11-20)14-6-1-2-7-15(14)18/h1-8,19-20H,9-11H2. The molecule has 0 saturated carbocycles. The van der Waals surface area contributed by atoms with Gasteiger partial charge in [0, 0.05) is 10.4 Å². The molecule has 2 rings (SSSR count). The highest BCUT2D eigenvalue weighted by Gasteiger charge is 2.33. The van der Waals surface area contributed by atoms with Crippen LogP contribution in [0.1, 0.15) is 11.1 Å². The molecule has 4 heteroatoms. The Hall–Kier alpha value is -1.42. The van der Waals surface area contributed by atoms with Crippen LogP contribution >= 0.6 is 11.6 Å². The third-order valence-corrected chi connectivity index (χ3v) is 3.72. The molecule has 0 aliphatic rings. The van der Waals surface area contributed by atoms with Gasteiger partial charge in [-0.1, -0.05) is 41.9 Å². The van der Waals surface area contributed by atoms with Gasteiger partial charge < -0.3 is 10.2 Å². The van der Waals surface area contributed by atoms with E-state index in [4.69, 9.17) is 11.6 Å². The van der Waals surface area contributed by atoms with Gasteiger partial charge in [0.05, 0.1) is 13.2 Å². The number of aliphatic hydroxyl groups is 2. The van der Waals surface area contributed by atoms with Gasteiger partial charge in [-0.3, -0.25) is 0 Å². The van der Waals surface area contributed by atoms with Crippen molar-refractivity contribution < 1.29 is 14.6 Å². The molecule has 0 saturated heterocycles. The first-order valence-corrected chi connectivity index (χ1v) is 6.70. The third kappa shape index (κ3) is 3.01. The fraction of sp³-hybridized carbons (Fsp3) is 0.250. The molecule has 20 heavy (non-hydrogen) atoms. The van der Waals surface area contributed by atoms with E-state index in [2.05, 4.69) is 0 Å². The molecule has 0 aromatic heterocycles. The van der Waals surface area contributed by atoms with Gasteiger partial charge in [0.1, 0.15) is 5.82 Å². The predicted octanol–water partition coefficient (Wildman–Crippen LogP) is 2.94. The van der Waals surface area contributed by atoms with Gasteiger partial charge in [-0.2, -0.15) is 0 Å². The lowest BCUT2D eigenvalue weighted by Gasteiger charge is -2.31. The zero-order chi connectivity index (χ0) is 14.6. The average Bonchev–Trinajstić information content (AvgIpc) is 2.46. The van der Waals surface area contributed by atoms with Gasteiger partial charge in [-0.15, -0.1) is 0 Å². The summed E-state index contributed by atoms with van der Waals surface area (Å²) in [5, 5.41) is 20.0. The molecule has 0 aliphatic carbocycles. The van der Waals surface area contributed by atoms with Crippen LogP contribution in [0.3, 0.4) is 0 Å². The van der Waals surface area contributed by atoms with Crippen LogP contribution in [0.5, 0.6) is 0 Å². The fourth-order valence-electron chi connectivity index (χ4n) is 2.36. The number of rotatable bonds is 5. The second kappa shape index (κ2) is 6.35. The molecule has 0 bridgehead atoms. The summed E-state index contributed by atoms with van der Waals surface area (Å²) in [6, 6.07) is 13.3. The minimum Gasteiger partial charge on any atom is -0.395 e. The zero-order valence-corrected chi connectivity index (χ0v) is 11.6. The molecule has 0 spiro atoms. The first kappa shape index (κ1) is 15.0. The van der Waals surface area contributed by atoms with Crippen LogP contribution in [0.2, 0.25) is 5.02 Å². The average molecular weight is 295 g/mol. The SMILES string of the molecule is OCC(CO)(Cc1cccc(Cl)c1)c1ccccc1F. The molecule has 106 valence electrons. The van der Waals surface area contributed by atoms with Crippen molar-refractivity contribution in [2.45, 2.75) is 11.8 Å². The topological polar surface area (TPSA) is 40.5 Å². The van der Waals surface area contributed by atoms with E-state index in [1.165, 1.54) is 6.07 Å². The Bertz CT molecular complexity index is 582. The van der Waals surface area contributed by atoms with E-state index >= 15 is 0 Å². The smallest absolute Gasteiger partial charge is 0.127 e. The molecular formula is C16H16ClFO2. The summed E-state index contributed by atoms with van der Waals surface area (Å²) in [4.78, 5) is 0. The molecule has 0 atom stereocenters. The molecule has 0 aliphatic heterocycles. The van der Waals surface area contributed by atoms with Gasteiger partial charge in [-0.25, -0.2) is 4.39 Å². The maximum absolute atomic E-state index is 14.0. The molecule has 0 unspecified atom stereocenters. The molecule has 2 nitrogen and oxygen atoms in total. The molecule has 0 radical (unpaired) electrons. The van der Waals surface area contributed by atoms with Crippen LogP contribution in [0.15, 0.2) is 48.5 Å². The lowest BCUT2D eigenvalue weighted by molar-refractivity contribution is 0.113. The monoisotopic (exact) mass is 294 g/mol. The van der Waals surface area contributed by atoms with Gasteiger partial charge in [0.2, 0.25) is 0 Å². The van der Waals surface area contributed by atoms with Crippen LogP contribution in [-0.4, -0.2) is 23.4 Å². The number of hydrogen-bond donors (Lipinski definition) is 2. The van der Waals surface area contributed by atoms with Crippen molar-refractivity contribution in [2.75, 3.05) is 13.2 Å². The summed E-state index contributed by atoms with van der Waals surface area (Å²) >= 11 is 5.94. The number of aliphatic hydroxyl groups excluding tert-OH is 2. The van der Waals surface area contributed by atoms with Crippen LogP contribution in [0.4, 0.5) is 4.39 Å². The fourth-order valence-corrected chi connectivity index (χ4v) is 2.57. The lowest BCUT2D eigenvalue weighted by atomic mass is 9.76. The van der Waals surface area contributed by atoms with E-state index in [0.717, 1.165) is 5.56 Å². The molecule has 0 amide bonds. The molecule has 0 heterocycles. The highest BCUT2D eigenvalue weighted by molar-refractivity contribution is 6.30. The first-order chi connectivity index (χ1) is 9.61. The summed E-state index contributed by atoms with van der Waals surface area (Å²) < 4.78 is 14.0. The van der Waals surface area contributed by atoms with Gasteiger partial charge in [0.25, 0.3) is 0 Å². The second-order valence-corrected chi connectivity index (χ2v) is 5.32. The van der Waals surface area contributed by atoms with Crippen molar-refractivity contribution in [1.82, 2.24) is 0 Å². The minimum absolute atomic E-state index is 0.307. The van der Waals surface area contributed by atoms with Crippen molar-refractivity contribution in [1.29, 1.82) is 0 Å². The van der Waals surface area contributed by atoms with Crippen LogP contribution in [0.25, 0.3) is 0 Å². The Kier molecular flexibility index (Phi) is 4.76. The van der Waals surface area contributed by atoms with E-state index in [9.17, 15) is 14.6 Å². The van der Waals surface area contributed by atoms with Crippen molar-refractivity contribution in [3.05, 3.63) is 70.5 Å². The minimum atomic E-state index is -1.06. The van der Waals surface area contributed by atoms with Crippen molar-refractivity contribution in [3.63, 3.8) is 0 Å². The summed E-state index contributed by atoms with van der Waals surface area (Å²) in [6.07, 6.45) is 0.307. The molecular weight excluding hydrogens is 279 g/mol. The highest BCUT2D eigenvalue weighted by atomic mass is 35.5. The summed E-state index contributed by atoms with van der Waals surface area (Å²) in [5.74, 6) is -0.433. The normalized spacial score (nSPS) is 11.6. The third-order valence-electron chi connectivity index (χ3n) is 3.48. The number of hydrogen-bond acceptors (Lipinski definition) is 2. The first-order valence-electron chi connectivity index (χ1n) is 6.32. The van der Waals surface area contributed by atoms with Crippen molar-refractivity contribution in [3.8, 4) is 0 Å². The maximum Gasteiger partial charge on any atom is 0.127 e. The van der Waals surface area contributed by atoms with E-state index < -0.39 is 11.2 Å². The number of benzene rings is 2. The molecule has 0 fully saturated rings. The van der Waals surface area contributed by atoms with Gasteiger partial charge >= 0.3 is 0 Å². The lowest BCUT2D eigenvalue weighted by Crippen LogP contribution is -2.38. The summed E-state index contributed by atoms with van der Waals surface area (Å²) in [5.41, 5.74) is 0.0876. The highest BCUT2D eigenvalue weighted by Crippen LogP contribution is 2.30. The van der Waals surface area contributed by atoms with Crippen LogP contribution in [0, 0.1) is 5.82 Å². The predicted molar refractivity (Wildman–Crippen MR) is 77.4 cm³/mol. The second-order valence-electron chi connectivity index (χ2n) is 4.88. The molecule has 2 N–H and O–H groups in total. The van der Waals surface area contributed by atoms with Crippen LogP contribution < -0.4 is 0 Å². The van der Waals surface area contributed by atoms with Gasteiger partial charge in [0.15, 0.2) is 0 Å². The summed E-state index contributed by atoms with van der Waals surface area (Å²) in [7, 11) is 0. The van der Waals surface area contributed by atoms with Crippen LogP contribution in [-0.2, 0) is 11.8 Å². The van der Waals surface area contributed by atoms with E-state index in [0.29, 0.717) is 17.0 Å². The summed E-state index contributed by atoms with van der Waals surface area (Å²) in [6.45, 7) is -0.701. The van der Waals surface area contributed by atoms with Crippen molar-refractivity contribution in [2.24, 2.45) is 0 Å². The maximum atomic E-state index is 14.0. The van der Waals surface area contributed by atoms with E-state index in [1.807, 2.05) is 6.07 Å². The Labute approximate surface area is 122 Å². The Morgan fingerprint density at radius 2 is 1.70 bits per heavy atom. The molecule has 2 aromatic rings. The van der Waals surface area contributed by atoms with E-state index in [1.54, 1.807) is 36.4 Å². The Morgan fingerprint density at radius 3 is 2.30 bits per heavy atom. The Morgan fingerprint density at radius 1 is 1.00 bits per heavy atom.